The molecule has 0 bridgehead atoms. The lowest BCUT2D eigenvalue weighted by atomic mass is 10.2. The van der Waals surface area contributed by atoms with Crippen molar-refractivity contribution in [3.05, 3.63) is 12.1 Å². The summed E-state index contributed by atoms with van der Waals surface area (Å²) in [6.07, 6.45) is 0. The number of fused-ring (bicyclic) bond motifs is 1. The molecule has 4 nitrogen and oxygen atoms in total. The fraction of sp³-hybridized carbons (Fsp3) is 0.250. The molecule has 68 valence electrons. The molecule has 0 aliphatic carbocycles. The molecule has 0 aliphatic rings. The second-order valence-electron chi connectivity index (χ2n) is 2.55. The van der Waals surface area contributed by atoms with Crippen LogP contribution in [0.15, 0.2) is 12.1 Å². The van der Waals surface area contributed by atoms with Gasteiger partial charge in [0.2, 0.25) is 0 Å². The van der Waals surface area contributed by atoms with Gasteiger partial charge in [-0.3, -0.25) is 0 Å². The quantitative estimate of drug-likeness (QED) is 0.740. The molecule has 0 atom stereocenters. The lowest BCUT2D eigenvalue weighted by Gasteiger charge is -2.03. The van der Waals surface area contributed by atoms with Crippen LogP contribution in [0.3, 0.4) is 0 Å². The highest BCUT2D eigenvalue weighted by atomic mass is 32.1. The minimum atomic E-state index is 0.622. The van der Waals surface area contributed by atoms with E-state index in [2.05, 4.69) is 8.75 Å². The van der Waals surface area contributed by atoms with Crippen LogP contribution in [-0.4, -0.2) is 15.4 Å². The van der Waals surface area contributed by atoms with Gasteiger partial charge in [0.1, 0.15) is 16.8 Å². The summed E-state index contributed by atoms with van der Waals surface area (Å²) in [5.41, 5.74) is 7.85. The SMILES string of the molecule is CCOc1ccc(N)c2nsnc12. The summed E-state index contributed by atoms with van der Waals surface area (Å²) in [6.45, 7) is 2.55. The molecule has 0 radical (unpaired) electrons. The zero-order chi connectivity index (χ0) is 9.26. The van der Waals surface area contributed by atoms with Gasteiger partial charge in [0.25, 0.3) is 0 Å². The summed E-state index contributed by atoms with van der Waals surface area (Å²) in [4.78, 5) is 0. The van der Waals surface area contributed by atoms with Gasteiger partial charge in [-0.2, -0.15) is 8.75 Å². The van der Waals surface area contributed by atoms with E-state index in [4.69, 9.17) is 10.5 Å². The first-order chi connectivity index (χ1) is 6.33. The van der Waals surface area contributed by atoms with Crippen molar-refractivity contribution in [1.29, 1.82) is 0 Å². The number of hydrogen-bond acceptors (Lipinski definition) is 5. The lowest BCUT2D eigenvalue weighted by molar-refractivity contribution is 0.344. The number of nitrogens with zero attached hydrogens (tertiary/aromatic N) is 2. The number of benzene rings is 1. The first kappa shape index (κ1) is 8.25. The number of hydrogen-bond donors (Lipinski definition) is 1. The maximum atomic E-state index is 5.71. The van der Waals surface area contributed by atoms with Crippen molar-refractivity contribution >= 4 is 28.4 Å². The Labute approximate surface area is 79.7 Å². The number of nitrogens with two attached hydrogens (primary N) is 1. The number of nitrogen functional groups attached to an aromatic ring is 1. The van der Waals surface area contributed by atoms with Gasteiger partial charge in [-0.25, -0.2) is 0 Å². The van der Waals surface area contributed by atoms with Gasteiger partial charge in [0, 0.05) is 0 Å². The van der Waals surface area contributed by atoms with Crippen molar-refractivity contribution in [1.82, 2.24) is 8.75 Å². The second kappa shape index (κ2) is 3.18. The standard InChI is InChI=1S/C8H9N3OS/c1-2-12-6-4-3-5(9)7-8(6)11-13-10-7/h3-4H,2,9H2,1H3. The molecule has 2 aromatic rings. The summed E-state index contributed by atoms with van der Waals surface area (Å²) >= 11 is 1.15. The van der Waals surface area contributed by atoms with E-state index in [0.29, 0.717) is 12.3 Å². The van der Waals surface area contributed by atoms with Gasteiger partial charge in [0.15, 0.2) is 0 Å². The summed E-state index contributed by atoms with van der Waals surface area (Å²) < 4.78 is 13.6. The Kier molecular flexibility index (Phi) is 2.02. The van der Waals surface area contributed by atoms with E-state index < -0.39 is 0 Å². The first-order valence-corrected chi connectivity index (χ1v) is 4.69. The van der Waals surface area contributed by atoms with Gasteiger partial charge in [0.05, 0.1) is 24.0 Å². The van der Waals surface area contributed by atoms with Crippen molar-refractivity contribution in [2.75, 3.05) is 12.3 Å². The van der Waals surface area contributed by atoms with Crippen molar-refractivity contribution in [2.45, 2.75) is 6.92 Å². The van der Waals surface area contributed by atoms with Crippen LogP contribution in [0.1, 0.15) is 6.92 Å². The van der Waals surface area contributed by atoms with Gasteiger partial charge in [-0.05, 0) is 19.1 Å². The Balaban J connectivity index is 2.64. The van der Waals surface area contributed by atoms with Crippen LogP contribution in [0.2, 0.25) is 0 Å². The molecule has 0 saturated heterocycles. The molecule has 1 heterocycles. The third kappa shape index (κ3) is 1.31. The Bertz CT molecular complexity index is 426. The molecule has 1 aromatic heterocycles. The van der Waals surface area contributed by atoms with Crippen molar-refractivity contribution in [3.8, 4) is 5.75 Å². The number of ether oxygens (including phenoxy) is 1. The van der Waals surface area contributed by atoms with Crippen LogP contribution in [-0.2, 0) is 0 Å². The first-order valence-electron chi connectivity index (χ1n) is 3.96. The van der Waals surface area contributed by atoms with E-state index in [9.17, 15) is 0 Å². The monoisotopic (exact) mass is 195 g/mol. The summed E-state index contributed by atoms with van der Waals surface area (Å²) in [5, 5.41) is 0. The predicted molar refractivity (Wildman–Crippen MR) is 53.0 cm³/mol. The maximum Gasteiger partial charge on any atom is 0.148 e. The molecule has 0 saturated carbocycles. The fourth-order valence-electron chi connectivity index (χ4n) is 1.13. The largest absolute Gasteiger partial charge is 0.491 e. The maximum absolute atomic E-state index is 5.71. The van der Waals surface area contributed by atoms with Crippen LogP contribution in [0, 0.1) is 0 Å². The zero-order valence-corrected chi connectivity index (χ0v) is 7.97. The van der Waals surface area contributed by atoms with E-state index in [1.165, 1.54) is 0 Å². The van der Waals surface area contributed by atoms with Crippen molar-refractivity contribution in [3.63, 3.8) is 0 Å². The summed E-state index contributed by atoms with van der Waals surface area (Å²) in [5.74, 6) is 0.750. The molecular weight excluding hydrogens is 186 g/mol. The minimum absolute atomic E-state index is 0.622. The highest BCUT2D eigenvalue weighted by Gasteiger charge is 2.08. The van der Waals surface area contributed by atoms with E-state index in [1.54, 1.807) is 6.07 Å². The number of rotatable bonds is 2. The molecule has 5 heteroatoms. The molecule has 0 aliphatic heterocycles. The van der Waals surface area contributed by atoms with Gasteiger partial charge in [-0.1, -0.05) is 0 Å². The average molecular weight is 195 g/mol. The second-order valence-corrected chi connectivity index (χ2v) is 3.08. The van der Waals surface area contributed by atoms with Gasteiger partial charge in [-0.15, -0.1) is 0 Å². The van der Waals surface area contributed by atoms with Gasteiger partial charge < -0.3 is 10.5 Å². The highest BCUT2D eigenvalue weighted by Crippen LogP contribution is 2.27. The zero-order valence-electron chi connectivity index (χ0n) is 7.15. The molecule has 1 aromatic carbocycles. The number of aromatic nitrogens is 2. The topological polar surface area (TPSA) is 61.0 Å². The van der Waals surface area contributed by atoms with Crippen molar-refractivity contribution < 1.29 is 4.74 Å². The number of anilines is 1. The molecule has 0 amide bonds. The third-order valence-electron chi connectivity index (χ3n) is 1.71. The van der Waals surface area contributed by atoms with Crippen LogP contribution in [0.4, 0.5) is 5.69 Å². The molecule has 2 rings (SSSR count). The Morgan fingerprint density at radius 1 is 1.38 bits per heavy atom. The average Bonchev–Trinajstić information content (AvgIpc) is 2.59. The van der Waals surface area contributed by atoms with E-state index in [-0.39, 0.29) is 0 Å². The Morgan fingerprint density at radius 3 is 2.92 bits per heavy atom. The predicted octanol–water partition coefficient (Wildman–Crippen LogP) is 1.67. The van der Waals surface area contributed by atoms with E-state index in [0.717, 1.165) is 28.5 Å². The van der Waals surface area contributed by atoms with Crippen LogP contribution < -0.4 is 10.5 Å². The summed E-state index contributed by atoms with van der Waals surface area (Å²) in [7, 11) is 0. The van der Waals surface area contributed by atoms with E-state index >= 15 is 0 Å². The third-order valence-corrected chi connectivity index (χ3v) is 2.24. The molecule has 0 fully saturated rings. The molecule has 0 spiro atoms. The molecule has 0 unspecified atom stereocenters. The Morgan fingerprint density at radius 2 is 2.15 bits per heavy atom. The van der Waals surface area contributed by atoms with Gasteiger partial charge >= 0.3 is 0 Å². The van der Waals surface area contributed by atoms with Crippen molar-refractivity contribution in [2.24, 2.45) is 0 Å². The smallest absolute Gasteiger partial charge is 0.148 e. The van der Waals surface area contributed by atoms with Crippen LogP contribution in [0.25, 0.3) is 11.0 Å². The van der Waals surface area contributed by atoms with E-state index in [1.807, 2.05) is 13.0 Å². The minimum Gasteiger partial charge on any atom is -0.491 e. The fourth-order valence-corrected chi connectivity index (χ4v) is 1.71. The van der Waals surface area contributed by atoms with Crippen LogP contribution in [0.5, 0.6) is 5.75 Å². The molecule has 13 heavy (non-hydrogen) atoms. The Hall–Kier alpha value is -1.36. The lowest BCUT2D eigenvalue weighted by Crippen LogP contribution is -1.94. The molecular formula is C8H9N3OS. The highest BCUT2D eigenvalue weighted by molar-refractivity contribution is 7.00. The molecule has 2 N–H and O–H groups in total. The summed E-state index contributed by atoms with van der Waals surface area (Å²) in [6, 6.07) is 3.61. The normalized spacial score (nSPS) is 10.5. The van der Waals surface area contributed by atoms with Crippen LogP contribution >= 0.6 is 11.7 Å².